The first-order chi connectivity index (χ1) is 6.75. The number of rotatable bonds is 3. The maximum absolute atomic E-state index is 10.9. The predicted octanol–water partition coefficient (Wildman–Crippen LogP) is 3.07. The highest BCUT2D eigenvalue weighted by molar-refractivity contribution is 5.77. The highest BCUT2D eigenvalue weighted by Gasteiger charge is 2.20. The molecule has 0 aliphatic heterocycles. The molecule has 1 heterocycles. The summed E-state index contributed by atoms with van der Waals surface area (Å²) in [6.07, 6.45) is 5.55. The molecule has 0 N–H and O–H groups in total. The first kappa shape index (κ1) is 9.50. The topological polar surface area (TPSA) is 30.2 Å². The van der Waals surface area contributed by atoms with Crippen molar-refractivity contribution < 1.29 is 9.21 Å². The number of ketones is 1. The van der Waals surface area contributed by atoms with E-state index in [1.807, 2.05) is 12.1 Å². The van der Waals surface area contributed by atoms with Crippen molar-refractivity contribution in [1.29, 1.82) is 0 Å². The normalized spacial score (nSPS) is 17.5. The second kappa shape index (κ2) is 3.99. The molecule has 0 aromatic carbocycles. The largest absolute Gasteiger partial charge is 0.465 e. The average molecular weight is 192 g/mol. The Bertz CT molecular complexity index is 319. The van der Waals surface area contributed by atoms with Gasteiger partial charge in [-0.2, -0.15) is 0 Å². The molecule has 1 fully saturated rings. The fourth-order valence-corrected chi connectivity index (χ4v) is 2.16. The van der Waals surface area contributed by atoms with Crippen LogP contribution in [-0.4, -0.2) is 5.78 Å². The van der Waals surface area contributed by atoms with Crippen LogP contribution in [0.4, 0.5) is 0 Å². The lowest BCUT2D eigenvalue weighted by molar-refractivity contribution is -0.116. The minimum Gasteiger partial charge on any atom is -0.465 e. The van der Waals surface area contributed by atoms with Gasteiger partial charge in [-0.3, -0.25) is 4.79 Å². The van der Waals surface area contributed by atoms with Crippen molar-refractivity contribution in [2.75, 3.05) is 0 Å². The van der Waals surface area contributed by atoms with Crippen LogP contribution in [0, 0.1) is 0 Å². The van der Waals surface area contributed by atoms with Crippen LogP contribution in [0.1, 0.15) is 50.0 Å². The summed E-state index contributed by atoms with van der Waals surface area (Å²) in [6.45, 7) is 1.60. The second-order valence-corrected chi connectivity index (χ2v) is 4.16. The molecule has 0 bridgehead atoms. The van der Waals surface area contributed by atoms with Gasteiger partial charge in [0.25, 0.3) is 0 Å². The van der Waals surface area contributed by atoms with Crippen LogP contribution in [0.2, 0.25) is 0 Å². The van der Waals surface area contributed by atoms with Crippen molar-refractivity contribution in [1.82, 2.24) is 0 Å². The van der Waals surface area contributed by atoms with Crippen LogP contribution in [0.5, 0.6) is 0 Å². The Morgan fingerprint density at radius 2 is 2.14 bits per heavy atom. The van der Waals surface area contributed by atoms with Gasteiger partial charge in [-0.1, -0.05) is 12.8 Å². The summed E-state index contributed by atoms with van der Waals surface area (Å²) in [6, 6.07) is 3.98. The van der Waals surface area contributed by atoms with Crippen LogP contribution < -0.4 is 0 Å². The lowest BCUT2D eigenvalue weighted by atomic mass is 10.1. The third-order valence-electron chi connectivity index (χ3n) is 2.86. The lowest BCUT2D eigenvalue weighted by Gasteiger charge is -2.03. The van der Waals surface area contributed by atoms with E-state index >= 15 is 0 Å². The fourth-order valence-electron chi connectivity index (χ4n) is 2.16. The summed E-state index contributed by atoms with van der Waals surface area (Å²) in [5.74, 6) is 2.67. The number of hydrogen-bond donors (Lipinski definition) is 0. The quantitative estimate of drug-likeness (QED) is 0.736. The SMILES string of the molecule is CC(=O)Cc1ccc(C2CCCC2)o1. The zero-order chi connectivity index (χ0) is 9.97. The third-order valence-corrected chi connectivity index (χ3v) is 2.86. The molecule has 76 valence electrons. The Balaban J connectivity index is 2.05. The smallest absolute Gasteiger partial charge is 0.137 e. The minimum absolute atomic E-state index is 0.164. The molecule has 2 rings (SSSR count). The zero-order valence-corrected chi connectivity index (χ0v) is 8.58. The Morgan fingerprint density at radius 1 is 1.43 bits per heavy atom. The van der Waals surface area contributed by atoms with Crippen molar-refractivity contribution in [2.24, 2.45) is 0 Å². The summed E-state index contributed by atoms with van der Waals surface area (Å²) in [5.41, 5.74) is 0. The van der Waals surface area contributed by atoms with Crippen molar-refractivity contribution >= 4 is 5.78 Å². The van der Waals surface area contributed by atoms with E-state index in [1.54, 1.807) is 6.92 Å². The van der Waals surface area contributed by atoms with Gasteiger partial charge in [0.15, 0.2) is 0 Å². The highest BCUT2D eigenvalue weighted by Crippen LogP contribution is 2.34. The van der Waals surface area contributed by atoms with Crippen molar-refractivity contribution in [3.05, 3.63) is 23.7 Å². The average Bonchev–Trinajstić information content (AvgIpc) is 2.69. The van der Waals surface area contributed by atoms with E-state index < -0.39 is 0 Å². The maximum Gasteiger partial charge on any atom is 0.137 e. The van der Waals surface area contributed by atoms with Gasteiger partial charge >= 0.3 is 0 Å². The van der Waals surface area contributed by atoms with E-state index in [0.29, 0.717) is 12.3 Å². The maximum atomic E-state index is 10.9. The van der Waals surface area contributed by atoms with Gasteiger partial charge in [0, 0.05) is 5.92 Å². The van der Waals surface area contributed by atoms with Gasteiger partial charge in [0.05, 0.1) is 6.42 Å². The number of carbonyl (C=O) groups excluding carboxylic acids is 1. The van der Waals surface area contributed by atoms with E-state index in [0.717, 1.165) is 11.5 Å². The van der Waals surface area contributed by atoms with Crippen LogP contribution in [-0.2, 0) is 11.2 Å². The summed E-state index contributed by atoms with van der Waals surface area (Å²) >= 11 is 0. The second-order valence-electron chi connectivity index (χ2n) is 4.16. The van der Waals surface area contributed by atoms with E-state index in [4.69, 9.17) is 4.42 Å². The molecular weight excluding hydrogens is 176 g/mol. The molecule has 0 unspecified atom stereocenters. The number of carbonyl (C=O) groups is 1. The monoisotopic (exact) mass is 192 g/mol. The Labute approximate surface area is 84.3 Å². The molecule has 1 aromatic heterocycles. The van der Waals surface area contributed by atoms with Crippen molar-refractivity contribution in [2.45, 2.75) is 44.9 Å². The van der Waals surface area contributed by atoms with Gasteiger partial charge < -0.3 is 4.42 Å². The van der Waals surface area contributed by atoms with Crippen LogP contribution in [0.15, 0.2) is 16.5 Å². The molecular formula is C12H16O2. The summed E-state index contributed by atoms with van der Waals surface area (Å²) < 4.78 is 5.66. The lowest BCUT2D eigenvalue weighted by Crippen LogP contribution is -1.94. The van der Waals surface area contributed by atoms with E-state index in [9.17, 15) is 4.79 Å². The van der Waals surface area contributed by atoms with E-state index in [1.165, 1.54) is 25.7 Å². The Hall–Kier alpha value is -1.05. The van der Waals surface area contributed by atoms with Crippen LogP contribution in [0.3, 0.4) is 0 Å². The summed E-state index contributed by atoms with van der Waals surface area (Å²) in [5, 5.41) is 0. The summed E-state index contributed by atoms with van der Waals surface area (Å²) in [4.78, 5) is 10.9. The molecule has 2 heteroatoms. The zero-order valence-electron chi connectivity index (χ0n) is 8.58. The molecule has 14 heavy (non-hydrogen) atoms. The first-order valence-electron chi connectivity index (χ1n) is 5.34. The molecule has 2 nitrogen and oxygen atoms in total. The van der Waals surface area contributed by atoms with Gasteiger partial charge in [-0.05, 0) is 31.9 Å². The Kier molecular flexibility index (Phi) is 2.71. The predicted molar refractivity (Wildman–Crippen MR) is 54.3 cm³/mol. The van der Waals surface area contributed by atoms with Crippen molar-refractivity contribution in [3.8, 4) is 0 Å². The van der Waals surface area contributed by atoms with Crippen LogP contribution in [0.25, 0.3) is 0 Å². The molecule has 0 spiro atoms. The molecule has 1 aliphatic carbocycles. The van der Waals surface area contributed by atoms with Gasteiger partial charge in [-0.15, -0.1) is 0 Å². The van der Waals surface area contributed by atoms with Crippen molar-refractivity contribution in [3.63, 3.8) is 0 Å². The van der Waals surface area contributed by atoms with Gasteiger partial charge in [0.1, 0.15) is 17.3 Å². The number of Topliss-reactive ketones (excluding diaryl/α,β-unsaturated/α-hetero) is 1. The highest BCUT2D eigenvalue weighted by atomic mass is 16.3. The molecule has 0 amide bonds. The molecule has 0 radical (unpaired) electrons. The van der Waals surface area contributed by atoms with E-state index in [2.05, 4.69) is 0 Å². The fraction of sp³-hybridized carbons (Fsp3) is 0.583. The minimum atomic E-state index is 0.164. The molecule has 1 saturated carbocycles. The van der Waals surface area contributed by atoms with Gasteiger partial charge in [-0.25, -0.2) is 0 Å². The molecule has 1 aliphatic rings. The van der Waals surface area contributed by atoms with Gasteiger partial charge in [0.2, 0.25) is 0 Å². The first-order valence-corrected chi connectivity index (χ1v) is 5.34. The third kappa shape index (κ3) is 2.06. The summed E-state index contributed by atoms with van der Waals surface area (Å²) in [7, 11) is 0. The van der Waals surface area contributed by atoms with Crippen LogP contribution >= 0.6 is 0 Å². The Morgan fingerprint density at radius 3 is 2.79 bits per heavy atom. The number of furan rings is 1. The standard InChI is InChI=1S/C12H16O2/c1-9(13)8-11-6-7-12(14-11)10-4-2-3-5-10/h6-7,10H,2-5,8H2,1H3. The van der Waals surface area contributed by atoms with E-state index in [-0.39, 0.29) is 5.78 Å². The molecule has 1 aromatic rings. The number of hydrogen-bond acceptors (Lipinski definition) is 2. The molecule has 0 atom stereocenters. The molecule has 0 saturated heterocycles.